The molecule has 2 unspecified atom stereocenters. The van der Waals surface area contributed by atoms with Gasteiger partial charge in [-0.25, -0.2) is 12.7 Å². The van der Waals surface area contributed by atoms with Crippen LogP contribution in [0.5, 0.6) is 0 Å². The van der Waals surface area contributed by atoms with Crippen molar-refractivity contribution >= 4 is 22.4 Å². The van der Waals surface area contributed by atoms with E-state index in [4.69, 9.17) is 10.5 Å². The number of hydrogen-bond donors (Lipinski definition) is 1. The van der Waals surface area contributed by atoms with E-state index in [1.54, 1.807) is 11.2 Å². The lowest BCUT2D eigenvalue weighted by molar-refractivity contribution is 0.134. The van der Waals surface area contributed by atoms with Gasteiger partial charge in [0.15, 0.2) is 0 Å². The van der Waals surface area contributed by atoms with E-state index in [9.17, 15) is 8.42 Å². The minimum absolute atomic E-state index is 0. The topological polar surface area (TPSA) is 72.6 Å². The molecule has 1 saturated heterocycles. The smallest absolute Gasteiger partial charge is 0.216 e. The van der Waals surface area contributed by atoms with E-state index < -0.39 is 10.0 Å². The van der Waals surface area contributed by atoms with Gasteiger partial charge in [-0.15, -0.1) is 12.4 Å². The van der Waals surface area contributed by atoms with Crippen molar-refractivity contribution in [2.45, 2.75) is 25.9 Å². The van der Waals surface area contributed by atoms with Crippen LogP contribution in [0.25, 0.3) is 0 Å². The molecule has 0 aromatic heterocycles. The number of sulfonamides is 1. The van der Waals surface area contributed by atoms with E-state index in [1.807, 2.05) is 0 Å². The minimum atomic E-state index is -3.18. The monoisotopic (exact) mass is 286 g/mol. The van der Waals surface area contributed by atoms with E-state index in [0.29, 0.717) is 25.6 Å². The third kappa shape index (κ3) is 5.09. The van der Waals surface area contributed by atoms with Crippen LogP contribution in [0, 0.1) is 5.92 Å². The molecule has 1 rings (SSSR count). The van der Waals surface area contributed by atoms with Crippen molar-refractivity contribution in [1.29, 1.82) is 0 Å². The summed E-state index contributed by atoms with van der Waals surface area (Å²) >= 11 is 0. The molecule has 0 bridgehead atoms. The zero-order chi connectivity index (χ0) is 12.2. The molecule has 1 fully saturated rings. The van der Waals surface area contributed by atoms with Gasteiger partial charge in [0.05, 0.1) is 11.9 Å². The molecule has 17 heavy (non-hydrogen) atoms. The van der Waals surface area contributed by atoms with E-state index in [1.165, 1.54) is 7.11 Å². The molecule has 1 aliphatic heterocycles. The molecule has 0 aliphatic carbocycles. The van der Waals surface area contributed by atoms with Crippen LogP contribution in [0.2, 0.25) is 0 Å². The number of ether oxygens (including phenoxy) is 1. The highest BCUT2D eigenvalue weighted by atomic mass is 35.5. The molecule has 0 saturated carbocycles. The lowest BCUT2D eigenvalue weighted by Crippen LogP contribution is -2.44. The Morgan fingerprint density at radius 1 is 1.53 bits per heavy atom. The Balaban J connectivity index is 0.00000256. The van der Waals surface area contributed by atoms with Gasteiger partial charge in [-0.2, -0.15) is 0 Å². The molecule has 0 radical (unpaired) electrons. The van der Waals surface area contributed by atoms with Crippen molar-refractivity contribution < 1.29 is 13.2 Å². The number of hydrogen-bond acceptors (Lipinski definition) is 4. The zero-order valence-corrected chi connectivity index (χ0v) is 12.1. The van der Waals surface area contributed by atoms with Crippen LogP contribution in [0.4, 0.5) is 0 Å². The fourth-order valence-electron chi connectivity index (χ4n) is 1.94. The molecule has 2 N–H and O–H groups in total. The first kappa shape index (κ1) is 17.1. The number of nitrogens with two attached hydrogens (primary N) is 1. The van der Waals surface area contributed by atoms with Gasteiger partial charge in [-0.05, 0) is 32.2 Å². The van der Waals surface area contributed by atoms with Gasteiger partial charge in [-0.3, -0.25) is 0 Å². The highest BCUT2D eigenvalue weighted by molar-refractivity contribution is 7.89. The third-order valence-electron chi connectivity index (χ3n) is 3.06. The zero-order valence-electron chi connectivity index (χ0n) is 10.5. The van der Waals surface area contributed by atoms with Crippen LogP contribution in [0.1, 0.15) is 19.8 Å². The first-order valence-corrected chi connectivity index (χ1v) is 7.31. The van der Waals surface area contributed by atoms with Crippen LogP contribution >= 0.6 is 12.4 Å². The van der Waals surface area contributed by atoms with E-state index in [-0.39, 0.29) is 24.3 Å². The summed E-state index contributed by atoms with van der Waals surface area (Å²) in [6, 6.07) is 0. The summed E-state index contributed by atoms with van der Waals surface area (Å²) in [7, 11) is -1.66. The molecule has 0 amide bonds. The Morgan fingerprint density at radius 2 is 2.18 bits per heavy atom. The Hall–Kier alpha value is 0.120. The second kappa shape index (κ2) is 7.53. The molecule has 0 aromatic rings. The van der Waals surface area contributed by atoms with Gasteiger partial charge in [0, 0.05) is 20.2 Å². The maximum Gasteiger partial charge on any atom is 0.216 e. The fraction of sp³-hybridized carbons (Fsp3) is 1.00. The molecule has 0 aromatic carbocycles. The second-order valence-corrected chi connectivity index (χ2v) is 6.44. The maximum absolute atomic E-state index is 12.0. The number of halogens is 1. The Kier molecular flexibility index (Phi) is 7.58. The molecular formula is C10H23ClN2O3S. The Bertz CT molecular complexity index is 311. The first-order valence-electron chi connectivity index (χ1n) is 5.70. The van der Waals surface area contributed by atoms with E-state index in [2.05, 4.69) is 0 Å². The van der Waals surface area contributed by atoms with Crippen molar-refractivity contribution in [3.05, 3.63) is 0 Å². The lowest BCUT2D eigenvalue weighted by atomic mass is 10.0. The van der Waals surface area contributed by atoms with Gasteiger partial charge in [0.1, 0.15) is 0 Å². The minimum Gasteiger partial charge on any atom is -0.381 e. The average Bonchev–Trinajstić information content (AvgIpc) is 2.28. The van der Waals surface area contributed by atoms with Crippen molar-refractivity contribution in [2.75, 3.05) is 32.5 Å². The van der Waals surface area contributed by atoms with Crippen molar-refractivity contribution in [1.82, 2.24) is 4.31 Å². The van der Waals surface area contributed by atoms with Gasteiger partial charge in [0.25, 0.3) is 0 Å². The SMILES string of the molecule is COC(C)CS(=O)(=O)N1CCCC(CN)C1.Cl. The highest BCUT2D eigenvalue weighted by Gasteiger charge is 2.29. The molecular weight excluding hydrogens is 264 g/mol. The van der Waals surface area contributed by atoms with Crippen LogP contribution < -0.4 is 5.73 Å². The summed E-state index contributed by atoms with van der Waals surface area (Å²) in [5, 5.41) is 0. The molecule has 2 atom stereocenters. The summed E-state index contributed by atoms with van der Waals surface area (Å²) in [5.41, 5.74) is 5.59. The predicted molar refractivity (Wildman–Crippen MR) is 70.9 cm³/mol. The van der Waals surface area contributed by atoms with Crippen LogP contribution in [-0.2, 0) is 14.8 Å². The Morgan fingerprint density at radius 3 is 2.71 bits per heavy atom. The summed E-state index contributed by atoms with van der Waals surface area (Å²) in [5.74, 6) is 0.363. The molecule has 5 nitrogen and oxygen atoms in total. The summed E-state index contributed by atoms with van der Waals surface area (Å²) in [4.78, 5) is 0. The lowest BCUT2D eigenvalue weighted by Gasteiger charge is -2.31. The maximum atomic E-state index is 12.0. The average molecular weight is 287 g/mol. The largest absolute Gasteiger partial charge is 0.381 e. The third-order valence-corrected chi connectivity index (χ3v) is 5.07. The van der Waals surface area contributed by atoms with Crippen LogP contribution in [0.3, 0.4) is 0 Å². The second-order valence-electron chi connectivity index (χ2n) is 4.43. The van der Waals surface area contributed by atoms with Crippen LogP contribution in [-0.4, -0.2) is 51.3 Å². The fourth-order valence-corrected chi connectivity index (χ4v) is 3.73. The van der Waals surface area contributed by atoms with Gasteiger partial charge < -0.3 is 10.5 Å². The standard InChI is InChI=1S/C10H22N2O3S.ClH/c1-9(15-2)8-16(13,14)12-5-3-4-10(6-11)7-12;/h9-10H,3-8,11H2,1-2H3;1H. The predicted octanol–water partition coefficient (Wildman–Crippen LogP) is 0.444. The number of piperidine rings is 1. The van der Waals surface area contributed by atoms with Crippen LogP contribution in [0.15, 0.2) is 0 Å². The number of nitrogens with zero attached hydrogens (tertiary/aromatic N) is 1. The normalized spacial score (nSPS) is 24.1. The molecule has 0 spiro atoms. The van der Waals surface area contributed by atoms with Crippen molar-refractivity contribution in [3.63, 3.8) is 0 Å². The molecule has 1 heterocycles. The van der Waals surface area contributed by atoms with E-state index >= 15 is 0 Å². The quantitative estimate of drug-likeness (QED) is 0.796. The molecule has 1 aliphatic rings. The molecule has 104 valence electrons. The summed E-state index contributed by atoms with van der Waals surface area (Å²) in [6.45, 7) is 3.51. The van der Waals surface area contributed by atoms with E-state index in [0.717, 1.165) is 12.8 Å². The number of rotatable bonds is 5. The number of methoxy groups -OCH3 is 1. The summed E-state index contributed by atoms with van der Waals surface area (Å²) < 4.78 is 30.6. The van der Waals surface area contributed by atoms with Gasteiger partial charge in [0.2, 0.25) is 10.0 Å². The summed E-state index contributed by atoms with van der Waals surface area (Å²) in [6.07, 6.45) is 1.67. The highest BCUT2D eigenvalue weighted by Crippen LogP contribution is 2.19. The van der Waals surface area contributed by atoms with Gasteiger partial charge >= 0.3 is 0 Å². The van der Waals surface area contributed by atoms with Crippen molar-refractivity contribution in [2.24, 2.45) is 11.7 Å². The molecule has 7 heteroatoms. The first-order chi connectivity index (χ1) is 7.49. The van der Waals surface area contributed by atoms with Crippen molar-refractivity contribution in [3.8, 4) is 0 Å². The Labute approximate surface area is 110 Å². The van der Waals surface area contributed by atoms with Gasteiger partial charge in [-0.1, -0.05) is 0 Å².